The normalized spacial score (nSPS) is 14.7. The van der Waals surface area contributed by atoms with Crippen LogP contribution in [-0.4, -0.2) is 52.2 Å². The second-order valence-electron chi connectivity index (χ2n) is 4.61. The summed E-state index contributed by atoms with van der Waals surface area (Å²) in [6, 6.07) is 0. The summed E-state index contributed by atoms with van der Waals surface area (Å²) in [5.41, 5.74) is 0.891. The fourth-order valence-electron chi connectivity index (χ4n) is 2.34. The van der Waals surface area contributed by atoms with Crippen molar-refractivity contribution in [2.24, 2.45) is 0 Å². The third-order valence-electron chi connectivity index (χ3n) is 3.36. The summed E-state index contributed by atoms with van der Waals surface area (Å²) in [5.74, 6) is 6.56. The van der Waals surface area contributed by atoms with Gasteiger partial charge in [-0.1, -0.05) is 17.7 Å². The van der Waals surface area contributed by atoms with Crippen molar-refractivity contribution in [3.63, 3.8) is 0 Å². The number of aromatic nitrogens is 2. The summed E-state index contributed by atoms with van der Waals surface area (Å²) in [6.07, 6.45) is 1.73. The van der Waals surface area contributed by atoms with E-state index in [2.05, 4.69) is 27.0 Å². The summed E-state index contributed by atoms with van der Waals surface area (Å²) in [5, 5.41) is 12.7. The predicted octanol–water partition coefficient (Wildman–Crippen LogP) is 0.311. The molecule has 114 valence electrons. The Morgan fingerprint density at radius 2 is 2.19 bits per heavy atom. The van der Waals surface area contributed by atoms with Crippen LogP contribution < -0.4 is 10.2 Å². The van der Waals surface area contributed by atoms with Gasteiger partial charge in [0.05, 0.1) is 18.8 Å². The molecule has 0 atom stereocenters. The Hall–Kier alpha value is -1.49. The van der Waals surface area contributed by atoms with Gasteiger partial charge in [0.1, 0.15) is 5.69 Å². The molecule has 0 radical (unpaired) electrons. The number of thioether (sulfide) groups is 1. The third-order valence-corrected chi connectivity index (χ3v) is 3.93. The number of imidazole rings is 1. The van der Waals surface area contributed by atoms with Crippen LogP contribution in [0.5, 0.6) is 0 Å². The molecule has 7 heteroatoms. The molecule has 1 saturated heterocycles. The molecule has 1 aromatic heterocycles. The van der Waals surface area contributed by atoms with Crippen LogP contribution in [0.2, 0.25) is 0 Å². The Balaban J connectivity index is 2.48. The first kappa shape index (κ1) is 15.9. The molecular weight excluding hydrogens is 288 g/mol. The van der Waals surface area contributed by atoms with Gasteiger partial charge in [-0.3, -0.25) is 9.36 Å². The lowest BCUT2D eigenvalue weighted by atomic mass is 10.3. The quantitative estimate of drug-likeness (QED) is 0.780. The molecule has 0 unspecified atom stereocenters. The second kappa shape index (κ2) is 7.50. The van der Waals surface area contributed by atoms with Gasteiger partial charge in [-0.05, 0) is 13.2 Å². The van der Waals surface area contributed by atoms with E-state index in [0.29, 0.717) is 17.9 Å². The highest BCUT2D eigenvalue weighted by Crippen LogP contribution is 2.23. The number of rotatable bonds is 4. The second-order valence-corrected chi connectivity index (χ2v) is 5.39. The molecule has 21 heavy (non-hydrogen) atoms. The minimum Gasteiger partial charge on any atom is -0.390 e. The average Bonchev–Trinajstić information content (AvgIpc) is 2.91. The summed E-state index contributed by atoms with van der Waals surface area (Å²) in [7, 11) is 0. The highest BCUT2D eigenvalue weighted by atomic mass is 32.2. The smallest absolute Gasteiger partial charge is 0.237 e. The molecule has 1 fully saturated rings. The van der Waals surface area contributed by atoms with E-state index in [1.165, 1.54) is 0 Å². The van der Waals surface area contributed by atoms with Gasteiger partial charge >= 0.3 is 0 Å². The van der Waals surface area contributed by atoms with Gasteiger partial charge in [0.25, 0.3) is 0 Å². The molecule has 0 amide bonds. The lowest BCUT2D eigenvalue weighted by molar-refractivity contribution is 0.107. The first-order valence-corrected chi connectivity index (χ1v) is 8.09. The van der Waals surface area contributed by atoms with Gasteiger partial charge in [-0.15, -0.1) is 5.92 Å². The van der Waals surface area contributed by atoms with E-state index in [0.717, 1.165) is 43.9 Å². The Labute approximate surface area is 128 Å². The van der Waals surface area contributed by atoms with Crippen molar-refractivity contribution in [2.75, 3.05) is 37.3 Å². The van der Waals surface area contributed by atoms with Gasteiger partial charge in [0, 0.05) is 26.2 Å². The summed E-state index contributed by atoms with van der Waals surface area (Å²) < 4.78 is 1.83. The number of carbonyl (C=O) groups excluding carboxylic acids is 1. The fourth-order valence-corrected chi connectivity index (χ4v) is 2.76. The van der Waals surface area contributed by atoms with E-state index in [9.17, 15) is 9.90 Å². The molecular formula is C14H20N4O2S. The minimum atomic E-state index is -0.243. The number of nitrogens with zero attached hydrogens (tertiary/aromatic N) is 3. The van der Waals surface area contributed by atoms with E-state index < -0.39 is 0 Å². The number of piperazine rings is 1. The maximum Gasteiger partial charge on any atom is 0.237 e. The van der Waals surface area contributed by atoms with Crippen molar-refractivity contribution in [3.8, 4) is 11.8 Å². The molecule has 2 N–H and O–H groups in total. The van der Waals surface area contributed by atoms with Crippen molar-refractivity contribution in [2.45, 2.75) is 20.1 Å². The molecule has 0 aliphatic carbocycles. The topological polar surface area (TPSA) is 70.4 Å². The lowest BCUT2D eigenvalue weighted by Crippen LogP contribution is -2.44. The maximum absolute atomic E-state index is 12.2. The van der Waals surface area contributed by atoms with Crippen molar-refractivity contribution in [3.05, 3.63) is 11.4 Å². The zero-order valence-electron chi connectivity index (χ0n) is 12.3. The monoisotopic (exact) mass is 308 g/mol. The van der Waals surface area contributed by atoms with E-state index in [1.54, 1.807) is 13.2 Å². The molecule has 1 aromatic rings. The number of hydrogen-bond acceptors (Lipinski definition) is 6. The van der Waals surface area contributed by atoms with E-state index >= 15 is 0 Å². The van der Waals surface area contributed by atoms with Crippen LogP contribution in [0.15, 0.2) is 0 Å². The molecule has 1 aliphatic heterocycles. The highest BCUT2D eigenvalue weighted by Gasteiger charge is 2.25. The van der Waals surface area contributed by atoms with Crippen molar-refractivity contribution in [1.82, 2.24) is 14.9 Å². The number of aliphatic hydroxyl groups is 1. The standard InChI is InChI=1S/C14H20N4O2S/c1-3-4-7-18-12(13(20)21-2)11(10-19)16-14(18)17-8-5-15-6-9-17/h15,19H,5-10H2,1-2H3. The minimum absolute atomic E-state index is 0.0918. The first-order valence-electron chi connectivity index (χ1n) is 6.86. The molecule has 6 nitrogen and oxygen atoms in total. The Morgan fingerprint density at radius 3 is 2.76 bits per heavy atom. The van der Waals surface area contributed by atoms with Crippen LogP contribution in [0.25, 0.3) is 0 Å². The van der Waals surface area contributed by atoms with Crippen LogP contribution in [0.1, 0.15) is 23.1 Å². The van der Waals surface area contributed by atoms with Crippen LogP contribution in [-0.2, 0) is 13.2 Å². The fraction of sp³-hybridized carbons (Fsp3) is 0.571. The molecule has 1 aliphatic rings. The maximum atomic E-state index is 12.2. The summed E-state index contributed by atoms with van der Waals surface area (Å²) in [4.78, 5) is 18.8. The van der Waals surface area contributed by atoms with Crippen molar-refractivity contribution >= 4 is 22.8 Å². The van der Waals surface area contributed by atoms with Gasteiger partial charge < -0.3 is 15.3 Å². The third kappa shape index (κ3) is 3.40. The number of anilines is 1. The van der Waals surface area contributed by atoms with Gasteiger partial charge in [0.2, 0.25) is 11.1 Å². The Bertz CT molecular complexity index is 568. The predicted molar refractivity (Wildman–Crippen MR) is 84.5 cm³/mol. The molecule has 0 aromatic carbocycles. The molecule has 0 saturated carbocycles. The van der Waals surface area contributed by atoms with Gasteiger partial charge in [-0.2, -0.15) is 0 Å². The van der Waals surface area contributed by atoms with Crippen molar-refractivity contribution < 1.29 is 9.90 Å². The number of nitrogens with one attached hydrogen (secondary N) is 1. The molecule has 2 rings (SSSR count). The van der Waals surface area contributed by atoms with E-state index in [-0.39, 0.29) is 11.7 Å². The molecule has 2 heterocycles. The number of carbonyl (C=O) groups is 1. The first-order chi connectivity index (χ1) is 10.2. The average molecular weight is 308 g/mol. The Morgan fingerprint density at radius 1 is 1.48 bits per heavy atom. The molecule has 0 bridgehead atoms. The highest BCUT2D eigenvalue weighted by molar-refractivity contribution is 8.13. The Kier molecular flexibility index (Phi) is 5.67. The van der Waals surface area contributed by atoms with E-state index in [4.69, 9.17) is 0 Å². The zero-order valence-corrected chi connectivity index (χ0v) is 13.2. The van der Waals surface area contributed by atoms with Crippen LogP contribution in [0, 0.1) is 11.8 Å². The van der Waals surface area contributed by atoms with Crippen LogP contribution >= 0.6 is 11.8 Å². The SMILES string of the molecule is CC#CCn1c(N2CCNCC2)nc(CO)c1C(=O)SC. The van der Waals surface area contributed by atoms with Crippen LogP contribution in [0.3, 0.4) is 0 Å². The molecule has 0 spiro atoms. The number of hydrogen-bond donors (Lipinski definition) is 2. The van der Waals surface area contributed by atoms with E-state index in [1.807, 2.05) is 4.57 Å². The van der Waals surface area contributed by atoms with Gasteiger partial charge in [0.15, 0.2) is 0 Å². The lowest BCUT2D eigenvalue weighted by Gasteiger charge is -2.28. The zero-order chi connectivity index (χ0) is 15.2. The summed E-state index contributed by atoms with van der Waals surface area (Å²) >= 11 is 1.13. The van der Waals surface area contributed by atoms with Crippen molar-refractivity contribution in [1.29, 1.82) is 0 Å². The van der Waals surface area contributed by atoms with Gasteiger partial charge in [-0.25, -0.2) is 4.98 Å². The largest absolute Gasteiger partial charge is 0.390 e. The number of aliphatic hydroxyl groups excluding tert-OH is 1. The summed E-state index contributed by atoms with van der Waals surface area (Å²) in [6.45, 7) is 5.35. The van der Waals surface area contributed by atoms with Crippen LogP contribution in [0.4, 0.5) is 5.95 Å².